The summed E-state index contributed by atoms with van der Waals surface area (Å²) in [5.41, 5.74) is 0. The Kier molecular flexibility index (Phi) is 16.9. The Balaban J connectivity index is 0. The van der Waals surface area contributed by atoms with Crippen LogP contribution in [-0.4, -0.2) is 49.4 Å². The van der Waals surface area contributed by atoms with E-state index in [2.05, 4.69) is 6.92 Å². The molecule has 1 aliphatic rings. The predicted octanol–water partition coefficient (Wildman–Crippen LogP) is 0.419. The molecule has 4 heteroatoms. The first-order valence-corrected chi connectivity index (χ1v) is 4.63. The van der Waals surface area contributed by atoms with Crippen LogP contribution in [0.5, 0.6) is 0 Å². The van der Waals surface area contributed by atoms with Crippen LogP contribution in [0.2, 0.25) is 0 Å². The van der Waals surface area contributed by atoms with E-state index in [1.54, 1.807) is 0 Å². The SMILES string of the molecule is CC1CO1.CCOCC.OCCO. The quantitative estimate of drug-likeness (QED) is 0.639. The minimum absolute atomic E-state index is 0.125. The molecule has 4 nitrogen and oxygen atoms in total. The second kappa shape index (κ2) is 14.4. The summed E-state index contributed by atoms with van der Waals surface area (Å²) in [4.78, 5) is 0. The van der Waals surface area contributed by atoms with E-state index in [1.165, 1.54) is 0 Å². The van der Waals surface area contributed by atoms with E-state index in [0.29, 0.717) is 6.10 Å². The van der Waals surface area contributed by atoms with Gasteiger partial charge in [0, 0.05) is 13.2 Å². The molecule has 82 valence electrons. The normalized spacial score (nSPS) is 17.8. The lowest BCUT2D eigenvalue weighted by atomic mass is 10.6. The van der Waals surface area contributed by atoms with Gasteiger partial charge in [-0.2, -0.15) is 0 Å². The average Bonchev–Trinajstić information content (AvgIpc) is 2.91. The van der Waals surface area contributed by atoms with Gasteiger partial charge in [-0.25, -0.2) is 0 Å². The molecular weight excluding hydrogens is 172 g/mol. The van der Waals surface area contributed by atoms with Crippen LogP contribution in [0.15, 0.2) is 0 Å². The summed E-state index contributed by atoms with van der Waals surface area (Å²) in [7, 11) is 0. The van der Waals surface area contributed by atoms with Crippen molar-refractivity contribution >= 4 is 0 Å². The first kappa shape index (κ1) is 15.3. The highest BCUT2D eigenvalue weighted by Gasteiger charge is 2.13. The molecular formula is C9H22O4. The number of epoxide rings is 1. The first-order valence-electron chi connectivity index (χ1n) is 4.63. The van der Waals surface area contributed by atoms with Crippen LogP contribution < -0.4 is 0 Å². The molecule has 1 aliphatic heterocycles. The smallest absolute Gasteiger partial charge is 0.0781 e. The van der Waals surface area contributed by atoms with Crippen LogP contribution in [0.1, 0.15) is 20.8 Å². The molecule has 1 unspecified atom stereocenters. The van der Waals surface area contributed by atoms with E-state index >= 15 is 0 Å². The first-order chi connectivity index (χ1) is 6.22. The molecule has 2 N–H and O–H groups in total. The van der Waals surface area contributed by atoms with Crippen LogP contribution in [0, 0.1) is 0 Å². The molecule has 0 aliphatic carbocycles. The van der Waals surface area contributed by atoms with Gasteiger partial charge in [0.1, 0.15) is 0 Å². The summed E-state index contributed by atoms with van der Waals surface area (Å²) < 4.78 is 9.54. The van der Waals surface area contributed by atoms with Crippen molar-refractivity contribution in [2.75, 3.05) is 33.0 Å². The Morgan fingerprint density at radius 1 is 1.23 bits per heavy atom. The largest absolute Gasteiger partial charge is 0.394 e. The van der Waals surface area contributed by atoms with Gasteiger partial charge in [-0.1, -0.05) is 0 Å². The van der Waals surface area contributed by atoms with Gasteiger partial charge in [-0.3, -0.25) is 0 Å². The van der Waals surface area contributed by atoms with Gasteiger partial charge < -0.3 is 19.7 Å². The van der Waals surface area contributed by atoms with E-state index in [-0.39, 0.29) is 13.2 Å². The lowest BCUT2D eigenvalue weighted by Gasteiger charge is -1.86. The summed E-state index contributed by atoms with van der Waals surface area (Å²) in [5.74, 6) is 0. The Labute approximate surface area is 80.5 Å². The monoisotopic (exact) mass is 194 g/mol. The molecule has 0 radical (unpaired) electrons. The van der Waals surface area contributed by atoms with E-state index in [0.717, 1.165) is 19.8 Å². The van der Waals surface area contributed by atoms with Gasteiger partial charge in [-0.05, 0) is 20.8 Å². The van der Waals surface area contributed by atoms with Crippen molar-refractivity contribution in [1.29, 1.82) is 0 Å². The number of rotatable bonds is 3. The molecule has 0 aromatic heterocycles. The highest BCUT2D eigenvalue weighted by molar-refractivity contribution is 4.58. The Hall–Kier alpha value is -0.160. The van der Waals surface area contributed by atoms with E-state index in [9.17, 15) is 0 Å². The fourth-order valence-corrected chi connectivity index (χ4v) is 0.300. The topological polar surface area (TPSA) is 62.2 Å². The summed E-state index contributed by atoms with van der Waals surface area (Å²) in [6.07, 6.45) is 0.583. The summed E-state index contributed by atoms with van der Waals surface area (Å²) >= 11 is 0. The van der Waals surface area contributed by atoms with Gasteiger partial charge in [-0.15, -0.1) is 0 Å². The van der Waals surface area contributed by atoms with Crippen LogP contribution in [0.25, 0.3) is 0 Å². The third-order valence-electron chi connectivity index (χ3n) is 1.01. The van der Waals surface area contributed by atoms with Crippen molar-refractivity contribution in [1.82, 2.24) is 0 Å². The molecule has 0 aromatic rings. The third kappa shape index (κ3) is 33.6. The third-order valence-corrected chi connectivity index (χ3v) is 1.01. The number of hydrogen-bond donors (Lipinski definition) is 2. The fraction of sp³-hybridized carbons (Fsp3) is 1.00. The van der Waals surface area contributed by atoms with Crippen molar-refractivity contribution in [3.63, 3.8) is 0 Å². The predicted molar refractivity (Wildman–Crippen MR) is 51.8 cm³/mol. The molecule has 13 heavy (non-hydrogen) atoms. The molecule has 1 heterocycles. The molecule has 1 rings (SSSR count). The van der Waals surface area contributed by atoms with Gasteiger partial charge in [0.05, 0.1) is 25.9 Å². The zero-order valence-electron chi connectivity index (χ0n) is 8.82. The highest BCUT2D eigenvalue weighted by atomic mass is 16.6. The zero-order valence-corrected chi connectivity index (χ0v) is 8.82. The maximum atomic E-state index is 7.62. The number of aliphatic hydroxyl groups excluding tert-OH is 2. The van der Waals surface area contributed by atoms with E-state index < -0.39 is 0 Å². The standard InChI is InChI=1S/C4H10O.C3H6O.C2H6O2/c1-3-5-4-2;1-3-2-4-3;3-1-2-4/h3-4H2,1-2H3;3H,2H2,1H3;3-4H,1-2H2. The van der Waals surface area contributed by atoms with Crippen molar-refractivity contribution in [3.8, 4) is 0 Å². The van der Waals surface area contributed by atoms with Crippen LogP contribution >= 0.6 is 0 Å². The maximum absolute atomic E-state index is 7.62. The van der Waals surface area contributed by atoms with Crippen LogP contribution in [-0.2, 0) is 9.47 Å². The molecule has 0 aromatic carbocycles. The van der Waals surface area contributed by atoms with Crippen molar-refractivity contribution in [2.24, 2.45) is 0 Å². The average molecular weight is 194 g/mol. The minimum Gasteiger partial charge on any atom is -0.394 e. The second-order valence-corrected chi connectivity index (χ2v) is 2.37. The minimum atomic E-state index is -0.125. The maximum Gasteiger partial charge on any atom is 0.0781 e. The second-order valence-electron chi connectivity index (χ2n) is 2.37. The summed E-state index contributed by atoms with van der Waals surface area (Å²) in [6.45, 7) is 8.46. The molecule has 0 amide bonds. The highest BCUT2D eigenvalue weighted by Crippen LogP contribution is 2.04. The zero-order chi connectivity index (χ0) is 10.5. The number of ether oxygens (including phenoxy) is 2. The molecule has 1 fully saturated rings. The Morgan fingerprint density at radius 3 is 1.54 bits per heavy atom. The van der Waals surface area contributed by atoms with Crippen LogP contribution in [0.4, 0.5) is 0 Å². The van der Waals surface area contributed by atoms with E-state index in [4.69, 9.17) is 19.7 Å². The molecule has 0 saturated carbocycles. The van der Waals surface area contributed by atoms with Gasteiger partial charge in [0.15, 0.2) is 0 Å². The summed E-state index contributed by atoms with van der Waals surface area (Å²) in [6, 6.07) is 0. The van der Waals surface area contributed by atoms with Crippen molar-refractivity contribution < 1.29 is 19.7 Å². The van der Waals surface area contributed by atoms with Crippen molar-refractivity contribution in [3.05, 3.63) is 0 Å². The van der Waals surface area contributed by atoms with Gasteiger partial charge in [0.25, 0.3) is 0 Å². The fourth-order valence-electron chi connectivity index (χ4n) is 0.300. The molecule has 0 bridgehead atoms. The molecule has 0 spiro atoms. The van der Waals surface area contributed by atoms with E-state index in [1.807, 2.05) is 13.8 Å². The summed E-state index contributed by atoms with van der Waals surface area (Å²) in [5, 5.41) is 15.2. The lowest BCUT2D eigenvalue weighted by molar-refractivity contribution is 0.162. The lowest BCUT2D eigenvalue weighted by Crippen LogP contribution is -1.85. The molecule has 1 saturated heterocycles. The number of hydrogen-bond acceptors (Lipinski definition) is 4. The van der Waals surface area contributed by atoms with Gasteiger partial charge in [0.2, 0.25) is 0 Å². The van der Waals surface area contributed by atoms with Crippen molar-refractivity contribution in [2.45, 2.75) is 26.9 Å². The number of aliphatic hydroxyl groups is 2. The van der Waals surface area contributed by atoms with Gasteiger partial charge >= 0.3 is 0 Å². The Morgan fingerprint density at radius 2 is 1.54 bits per heavy atom. The van der Waals surface area contributed by atoms with Crippen LogP contribution in [0.3, 0.4) is 0 Å². The molecule has 1 atom stereocenters. The Bertz CT molecular complexity index is 70.0.